The van der Waals surface area contributed by atoms with E-state index in [1.54, 1.807) is 6.07 Å². The van der Waals surface area contributed by atoms with Crippen molar-refractivity contribution in [2.45, 2.75) is 59.7 Å². The van der Waals surface area contributed by atoms with E-state index in [-0.39, 0.29) is 23.7 Å². The first-order valence-electron chi connectivity index (χ1n) is 8.79. The monoisotopic (exact) mass is 412 g/mol. The fraction of sp³-hybridized carbons (Fsp3) is 0.632. The molecule has 1 aromatic rings. The number of nitrogens with one attached hydrogen (secondary N) is 2. The summed E-state index contributed by atoms with van der Waals surface area (Å²) >= 11 is 3.49. The maximum Gasteiger partial charge on any atom is 0.172 e. The molecule has 140 valence electrons. The minimum absolute atomic E-state index is 0.0424. The van der Waals surface area contributed by atoms with Gasteiger partial charge in [0.25, 0.3) is 0 Å². The normalized spacial score (nSPS) is 18.7. The Morgan fingerprint density at radius 1 is 1.36 bits per heavy atom. The molecule has 3 N–H and O–H groups in total. The average Bonchev–Trinajstić information content (AvgIpc) is 2.47. The van der Waals surface area contributed by atoms with Gasteiger partial charge in [-0.3, -0.25) is 10.1 Å². The predicted molar refractivity (Wildman–Crippen MR) is 105 cm³/mol. The van der Waals surface area contributed by atoms with Gasteiger partial charge in [-0.2, -0.15) is 0 Å². The van der Waals surface area contributed by atoms with Gasteiger partial charge in [0, 0.05) is 13.0 Å². The number of halogens is 1. The lowest BCUT2D eigenvalue weighted by Gasteiger charge is -2.42. The largest absolute Gasteiger partial charge is 0.505 e. The molecule has 1 aliphatic heterocycles. The van der Waals surface area contributed by atoms with Gasteiger partial charge in [0.1, 0.15) is 5.69 Å². The predicted octanol–water partition coefficient (Wildman–Crippen LogP) is 4.54. The summed E-state index contributed by atoms with van der Waals surface area (Å²) < 4.78 is 6.79. The lowest BCUT2D eigenvalue weighted by Crippen LogP contribution is -2.58. The number of hydrogen-bond acceptors (Lipinski definition) is 5. The van der Waals surface area contributed by atoms with Crippen LogP contribution in [-0.2, 0) is 0 Å². The van der Waals surface area contributed by atoms with E-state index in [2.05, 4.69) is 40.4 Å². The number of carbonyl (C=O) groups is 1. The zero-order chi connectivity index (χ0) is 18.9. The topological polar surface area (TPSA) is 70.6 Å². The Hall–Kier alpha value is -1.27. The van der Waals surface area contributed by atoms with Crippen LogP contribution in [0.15, 0.2) is 10.5 Å². The van der Waals surface area contributed by atoms with Gasteiger partial charge in [0.05, 0.1) is 15.6 Å². The molecule has 1 aliphatic rings. The average molecular weight is 413 g/mol. The number of phenolic OH excluding ortho intramolecular Hbond substituents is 1. The molecular weight excluding hydrogens is 384 g/mol. The lowest BCUT2D eigenvalue weighted by molar-refractivity contribution is 0.0903. The van der Waals surface area contributed by atoms with Crippen molar-refractivity contribution in [3.63, 3.8) is 0 Å². The van der Waals surface area contributed by atoms with Crippen LogP contribution < -0.4 is 15.4 Å². The van der Waals surface area contributed by atoms with E-state index in [1.165, 1.54) is 0 Å². The molecule has 0 fully saturated rings. The number of hydrogen-bond donors (Lipinski definition) is 3. The minimum Gasteiger partial charge on any atom is -0.505 e. The number of ketones is 1. The van der Waals surface area contributed by atoms with Crippen molar-refractivity contribution in [2.75, 3.05) is 11.9 Å². The summed E-state index contributed by atoms with van der Waals surface area (Å²) in [6, 6.07) is 1.65. The molecule has 0 saturated carbocycles. The second-order valence-corrected chi connectivity index (χ2v) is 8.98. The molecule has 1 unspecified atom stereocenters. The molecule has 1 atom stereocenters. The van der Waals surface area contributed by atoms with E-state index in [9.17, 15) is 9.90 Å². The lowest BCUT2D eigenvalue weighted by atomic mass is 9.96. The number of ether oxygens (including phenoxy) is 1. The van der Waals surface area contributed by atoms with Crippen LogP contribution in [0.25, 0.3) is 0 Å². The highest BCUT2D eigenvalue weighted by atomic mass is 79.9. The summed E-state index contributed by atoms with van der Waals surface area (Å²) in [5.74, 6) is 1.13. The summed E-state index contributed by atoms with van der Waals surface area (Å²) in [6.07, 6.45) is 0.136. The molecule has 0 aliphatic carbocycles. The van der Waals surface area contributed by atoms with Gasteiger partial charge >= 0.3 is 0 Å². The summed E-state index contributed by atoms with van der Waals surface area (Å²) in [6.45, 7) is 13.1. The zero-order valence-electron chi connectivity index (χ0n) is 15.9. The maximum atomic E-state index is 12.5. The van der Waals surface area contributed by atoms with Gasteiger partial charge in [0.2, 0.25) is 0 Å². The standard InChI is InChI=1S/C19H29BrN2O3/c1-10(2)7-14(23)12-8-13(20)17-15(16(12)24)22-19(5,6)18(25-17)21-9-11(3)4/h8,10-11,18,21-22,24H,7,9H2,1-6H3. The number of carbonyl (C=O) groups excluding carboxylic acids is 1. The molecule has 1 aromatic carbocycles. The second kappa shape index (κ2) is 7.54. The van der Waals surface area contributed by atoms with Crippen LogP contribution in [0.3, 0.4) is 0 Å². The third-order valence-corrected chi connectivity index (χ3v) is 4.74. The van der Waals surface area contributed by atoms with E-state index in [4.69, 9.17) is 4.74 Å². The van der Waals surface area contributed by atoms with Crippen LogP contribution in [0.4, 0.5) is 5.69 Å². The Balaban J connectivity index is 2.38. The number of phenols is 1. The van der Waals surface area contributed by atoms with Crippen LogP contribution in [-0.4, -0.2) is 29.2 Å². The highest BCUT2D eigenvalue weighted by molar-refractivity contribution is 9.10. The van der Waals surface area contributed by atoms with Crippen molar-refractivity contribution in [3.05, 3.63) is 16.1 Å². The van der Waals surface area contributed by atoms with Crippen LogP contribution >= 0.6 is 15.9 Å². The molecule has 0 amide bonds. The van der Waals surface area contributed by atoms with E-state index < -0.39 is 5.54 Å². The quantitative estimate of drug-likeness (QED) is 0.472. The van der Waals surface area contributed by atoms with Gasteiger partial charge in [0.15, 0.2) is 23.5 Å². The van der Waals surface area contributed by atoms with Gasteiger partial charge < -0.3 is 15.2 Å². The first-order valence-corrected chi connectivity index (χ1v) is 9.59. The minimum atomic E-state index is -0.446. The van der Waals surface area contributed by atoms with Gasteiger partial charge in [-0.05, 0) is 47.7 Å². The summed E-state index contributed by atoms with van der Waals surface area (Å²) in [7, 11) is 0. The number of Topliss-reactive ketones (excluding diaryl/α,β-unsaturated/α-hetero) is 1. The Labute approximate surface area is 158 Å². The number of aromatic hydroxyl groups is 1. The number of rotatable bonds is 6. The number of fused-ring (bicyclic) bond motifs is 1. The Morgan fingerprint density at radius 3 is 2.56 bits per heavy atom. The van der Waals surface area contributed by atoms with Crippen molar-refractivity contribution in [2.24, 2.45) is 11.8 Å². The SMILES string of the molecule is CC(C)CNC1Oc2c(Br)cc(C(=O)CC(C)C)c(O)c2NC1(C)C. The van der Waals surface area contributed by atoms with E-state index >= 15 is 0 Å². The molecule has 1 heterocycles. The fourth-order valence-corrected chi connectivity index (χ4v) is 3.36. The van der Waals surface area contributed by atoms with Crippen molar-refractivity contribution in [3.8, 4) is 11.5 Å². The van der Waals surface area contributed by atoms with Gasteiger partial charge in [-0.1, -0.05) is 27.7 Å². The van der Waals surface area contributed by atoms with Gasteiger partial charge in [-0.15, -0.1) is 0 Å². The third-order valence-electron chi connectivity index (χ3n) is 4.15. The van der Waals surface area contributed by atoms with E-state index in [1.807, 2.05) is 27.7 Å². The van der Waals surface area contributed by atoms with Crippen molar-refractivity contribution >= 4 is 27.4 Å². The molecule has 25 heavy (non-hydrogen) atoms. The fourth-order valence-electron chi connectivity index (χ4n) is 2.84. The molecule has 0 bridgehead atoms. The van der Waals surface area contributed by atoms with E-state index in [0.29, 0.717) is 33.8 Å². The van der Waals surface area contributed by atoms with Crippen LogP contribution in [0.2, 0.25) is 0 Å². The zero-order valence-corrected chi connectivity index (χ0v) is 17.5. The molecule has 0 saturated heterocycles. The van der Waals surface area contributed by atoms with Crippen molar-refractivity contribution < 1.29 is 14.6 Å². The smallest absolute Gasteiger partial charge is 0.172 e. The third kappa shape index (κ3) is 4.47. The first kappa shape index (κ1) is 20.0. The first-order chi connectivity index (χ1) is 11.5. The molecule has 0 radical (unpaired) electrons. The number of anilines is 1. The second-order valence-electron chi connectivity index (χ2n) is 8.13. The summed E-state index contributed by atoms with van der Waals surface area (Å²) in [4.78, 5) is 12.5. The Morgan fingerprint density at radius 2 is 2.00 bits per heavy atom. The Bertz CT molecular complexity index is 657. The molecule has 6 heteroatoms. The highest BCUT2D eigenvalue weighted by Gasteiger charge is 2.39. The maximum absolute atomic E-state index is 12.5. The van der Waals surface area contributed by atoms with Crippen LogP contribution in [0, 0.1) is 11.8 Å². The molecule has 0 spiro atoms. The summed E-state index contributed by atoms with van der Waals surface area (Å²) in [5, 5.41) is 17.4. The van der Waals surface area contributed by atoms with Crippen molar-refractivity contribution in [1.82, 2.24) is 5.32 Å². The molecule has 2 rings (SSSR count). The van der Waals surface area contributed by atoms with Gasteiger partial charge in [-0.25, -0.2) is 0 Å². The van der Waals surface area contributed by atoms with Crippen molar-refractivity contribution in [1.29, 1.82) is 0 Å². The molecule has 5 nitrogen and oxygen atoms in total. The Kier molecular flexibility index (Phi) is 6.05. The molecular formula is C19H29BrN2O3. The van der Waals surface area contributed by atoms with Crippen LogP contribution in [0.5, 0.6) is 11.5 Å². The highest BCUT2D eigenvalue weighted by Crippen LogP contribution is 2.48. The van der Waals surface area contributed by atoms with E-state index in [0.717, 1.165) is 6.54 Å². The molecule has 0 aromatic heterocycles. The number of benzene rings is 1. The van der Waals surface area contributed by atoms with Crippen LogP contribution in [0.1, 0.15) is 58.3 Å². The summed E-state index contributed by atoms with van der Waals surface area (Å²) in [5.41, 5.74) is 0.340.